The van der Waals surface area contributed by atoms with E-state index in [0.29, 0.717) is 10.4 Å². The first kappa shape index (κ1) is 27.4. The van der Waals surface area contributed by atoms with Gasteiger partial charge >= 0.3 is 12.1 Å². The quantitative estimate of drug-likeness (QED) is 0.332. The van der Waals surface area contributed by atoms with Crippen molar-refractivity contribution >= 4 is 23.6 Å². The third-order valence-electron chi connectivity index (χ3n) is 5.38. The standard InChI is InChI=1S/C27H27F3N6O3/c1-26(2,3)39-24(38)20-22(33-25(34(4)5)35(20)17-12-8-6-9-13-17)32-23(37)19-16-31-36(21(19)27(28,29)30)18-14-10-7-11-15-18/h6-16H,1-5H3,(H,32,37). The van der Waals surface area contributed by atoms with Gasteiger partial charge in [-0.1, -0.05) is 36.4 Å². The number of benzene rings is 2. The summed E-state index contributed by atoms with van der Waals surface area (Å²) < 4.78 is 50.2. The van der Waals surface area contributed by atoms with Crippen LogP contribution in [0.2, 0.25) is 0 Å². The van der Waals surface area contributed by atoms with Gasteiger partial charge in [-0.2, -0.15) is 23.3 Å². The van der Waals surface area contributed by atoms with Crippen LogP contribution >= 0.6 is 0 Å². The molecule has 0 bridgehead atoms. The summed E-state index contributed by atoms with van der Waals surface area (Å²) >= 11 is 0. The molecule has 0 aliphatic carbocycles. The number of aromatic nitrogens is 4. The van der Waals surface area contributed by atoms with Gasteiger partial charge in [0.05, 0.1) is 17.4 Å². The summed E-state index contributed by atoms with van der Waals surface area (Å²) in [6.07, 6.45) is -4.08. The first-order valence-corrected chi connectivity index (χ1v) is 11.9. The molecule has 4 aromatic rings. The molecule has 39 heavy (non-hydrogen) atoms. The van der Waals surface area contributed by atoms with Crippen LogP contribution in [-0.2, 0) is 10.9 Å². The van der Waals surface area contributed by atoms with E-state index < -0.39 is 34.9 Å². The number of anilines is 2. The molecule has 12 heteroatoms. The van der Waals surface area contributed by atoms with Crippen molar-refractivity contribution in [2.24, 2.45) is 0 Å². The highest BCUT2D eigenvalue weighted by molar-refractivity contribution is 6.08. The lowest BCUT2D eigenvalue weighted by Crippen LogP contribution is -2.27. The Morgan fingerprint density at radius 1 is 0.923 bits per heavy atom. The smallest absolute Gasteiger partial charge is 0.434 e. The van der Waals surface area contributed by atoms with Crippen molar-refractivity contribution < 1.29 is 27.5 Å². The number of hydrogen-bond acceptors (Lipinski definition) is 6. The molecule has 1 amide bonds. The van der Waals surface area contributed by atoms with Crippen LogP contribution in [0.1, 0.15) is 47.3 Å². The summed E-state index contributed by atoms with van der Waals surface area (Å²) in [5.74, 6) is -1.98. The fraction of sp³-hybridized carbons (Fsp3) is 0.259. The molecule has 1 N–H and O–H groups in total. The highest BCUT2D eigenvalue weighted by Crippen LogP contribution is 2.35. The van der Waals surface area contributed by atoms with E-state index in [-0.39, 0.29) is 23.1 Å². The molecule has 2 aromatic carbocycles. The Labute approximate surface area is 222 Å². The number of alkyl halides is 3. The van der Waals surface area contributed by atoms with Crippen LogP contribution in [0.25, 0.3) is 11.4 Å². The third kappa shape index (κ3) is 5.79. The Hall–Kier alpha value is -4.61. The zero-order valence-corrected chi connectivity index (χ0v) is 21.9. The zero-order chi connectivity index (χ0) is 28.5. The molecule has 4 rings (SSSR count). The summed E-state index contributed by atoms with van der Waals surface area (Å²) in [4.78, 5) is 32.7. The zero-order valence-electron chi connectivity index (χ0n) is 21.9. The Morgan fingerprint density at radius 2 is 1.49 bits per heavy atom. The second kappa shape index (κ2) is 10.3. The van der Waals surface area contributed by atoms with Crippen LogP contribution in [0.4, 0.5) is 24.9 Å². The highest BCUT2D eigenvalue weighted by Gasteiger charge is 2.41. The largest absolute Gasteiger partial charge is 0.455 e. The maximum atomic E-state index is 14.2. The molecule has 0 unspecified atom stereocenters. The third-order valence-corrected chi connectivity index (χ3v) is 5.38. The number of halogens is 3. The number of para-hydroxylation sites is 2. The number of hydrogen-bond donors (Lipinski definition) is 1. The van der Waals surface area contributed by atoms with Gasteiger partial charge < -0.3 is 15.0 Å². The molecule has 9 nitrogen and oxygen atoms in total. The van der Waals surface area contributed by atoms with Crippen molar-refractivity contribution in [3.05, 3.63) is 83.8 Å². The van der Waals surface area contributed by atoms with Crippen molar-refractivity contribution in [1.82, 2.24) is 19.3 Å². The lowest BCUT2D eigenvalue weighted by atomic mass is 10.2. The predicted molar refractivity (Wildman–Crippen MR) is 140 cm³/mol. The van der Waals surface area contributed by atoms with E-state index >= 15 is 0 Å². The highest BCUT2D eigenvalue weighted by atomic mass is 19.4. The first-order valence-electron chi connectivity index (χ1n) is 11.9. The molecular weight excluding hydrogens is 513 g/mol. The molecule has 0 aliphatic rings. The fourth-order valence-electron chi connectivity index (χ4n) is 3.86. The lowest BCUT2D eigenvalue weighted by Gasteiger charge is -2.21. The Bertz CT molecular complexity index is 1490. The molecular formula is C27H27F3N6O3. The number of rotatable bonds is 6. The first-order chi connectivity index (χ1) is 18.3. The van der Waals surface area contributed by atoms with Gasteiger partial charge in [0.25, 0.3) is 5.91 Å². The van der Waals surface area contributed by atoms with Crippen LogP contribution in [0, 0.1) is 0 Å². The topological polar surface area (TPSA) is 94.3 Å². The summed E-state index contributed by atoms with van der Waals surface area (Å²) in [5.41, 5.74) is -2.40. The number of esters is 1. The summed E-state index contributed by atoms with van der Waals surface area (Å²) in [6.45, 7) is 5.02. The Kier molecular flexibility index (Phi) is 7.23. The van der Waals surface area contributed by atoms with Crippen molar-refractivity contribution in [2.45, 2.75) is 32.5 Å². The summed E-state index contributed by atoms with van der Waals surface area (Å²) in [5, 5.41) is 6.23. The van der Waals surface area contributed by atoms with Gasteiger partial charge in [-0.25, -0.2) is 9.48 Å². The molecule has 0 atom stereocenters. The van der Waals surface area contributed by atoms with Crippen LogP contribution in [0.5, 0.6) is 0 Å². The minimum atomic E-state index is -4.91. The van der Waals surface area contributed by atoms with E-state index in [1.165, 1.54) is 16.7 Å². The molecule has 0 aliphatic heterocycles. The predicted octanol–water partition coefficient (Wildman–Crippen LogP) is 5.35. The number of nitrogens with zero attached hydrogens (tertiary/aromatic N) is 5. The normalized spacial score (nSPS) is 11.8. The second-order valence-electron chi connectivity index (χ2n) is 9.78. The molecule has 2 aromatic heterocycles. The number of ether oxygens (including phenoxy) is 1. The monoisotopic (exact) mass is 540 g/mol. The molecule has 0 fully saturated rings. The van der Waals surface area contributed by atoms with E-state index in [9.17, 15) is 22.8 Å². The lowest BCUT2D eigenvalue weighted by molar-refractivity contribution is -0.143. The summed E-state index contributed by atoms with van der Waals surface area (Å²) in [6, 6.07) is 16.4. The van der Waals surface area contributed by atoms with E-state index in [0.717, 1.165) is 6.20 Å². The van der Waals surface area contributed by atoms with Gasteiger partial charge in [0.15, 0.2) is 17.2 Å². The van der Waals surface area contributed by atoms with Gasteiger partial charge in [0, 0.05) is 19.8 Å². The maximum absolute atomic E-state index is 14.2. The van der Waals surface area contributed by atoms with Crippen LogP contribution in [-0.4, -0.2) is 50.9 Å². The number of nitrogens with one attached hydrogen (secondary N) is 1. The Morgan fingerprint density at radius 3 is 2.00 bits per heavy atom. The fourth-order valence-corrected chi connectivity index (χ4v) is 3.86. The molecule has 0 saturated carbocycles. The molecule has 2 heterocycles. The average molecular weight is 541 g/mol. The number of imidazole rings is 1. The van der Waals surface area contributed by atoms with Crippen LogP contribution in [0.3, 0.4) is 0 Å². The Balaban J connectivity index is 1.86. The number of carbonyl (C=O) groups excluding carboxylic acids is 2. The van der Waals surface area contributed by atoms with Crippen molar-refractivity contribution in [2.75, 3.05) is 24.3 Å². The number of amides is 1. The van der Waals surface area contributed by atoms with Crippen molar-refractivity contribution in [1.29, 1.82) is 0 Å². The van der Waals surface area contributed by atoms with Gasteiger partial charge in [-0.3, -0.25) is 9.36 Å². The molecule has 0 radical (unpaired) electrons. The SMILES string of the molecule is CN(C)c1nc(NC(=O)c2cnn(-c3ccccc3)c2C(F)(F)F)c(C(=O)OC(C)(C)C)n1-c1ccccc1. The molecule has 204 valence electrons. The summed E-state index contributed by atoms with van der Waals surface area (Å²) in [7, 11) is 3.36. The maximum Gasteiger partial charge on any atom is 0.434 e. The molecule has 0 spiro atoms. The van der Waals surface area contributed by atoms with Gasteiger partial charge in [0.1, 0.15) is 5.60 Å². The number of carbonyl (C=O) groups is 2. The van der Waals surface area contributed by atoms with Crippen molar-refractivity contribution in [3.63, 3.8) is 0 Å². The minimum Gasteiger partial charge on any atom is -0.455 e. The van der Waals surface area contributed by atoms with Gasteiger partial charge in [-0.05, 0) is 45.0 Å². The average Bonchev–Trinajstić information content (AvgIpc) is 3.47. The molecule has 0 saturated heterocycles. The van der Waals surface area contributed by atoms with Gasteiger partial charge in [0.2, 0.25) is 5.95 Å². The van der Waals surface area contributed by atoms with E-state index in [1.54, 1.807) is 88.3 Å². The second-order valence-corrected chi connectivity index (χ2v) is 9.78. The minimum absolute atomic E-state index is 0.126. The van der Waals surface area contributed by atoms with Crippen molar-refractivity contribution in [3.8, 4) is 11.4 Å². The van der Waals surface area contributed by atoms with E-state index in [4.69, 9.17) is 4.74 Å². The van der Waals surface area contributed by atoms with Crippen LogP contribution < -0.4 is 10.2 Å². The van der Waals surface area contributed by atoms with E-state index in [1.807, 2.05) is 0 Å². The van der Waals surface area contributed by atoms with Gasteiger partial charge in [-0.15, -0.1) is 0 Å². The van der Waals surface area contributed by atoms with Crippen LogP contribution in [0.15, 0.2) is 66.9 Å². The van der Waals surface area contributed by atoms with E-state index in [2.05, 4.69) is 15.4 Å².